The number of hydrogen-bond donors (Lipinski definition) is 2. The summed E-state index contributed by atoms with van der Waals surface area (Å²) in [5, 5.41) is 9.52. The fourth-order valence-corrected chi connectivity index (χ4v) is 2.32. The van der Waals surface area contributed by atoms with E-state index in [9.17, 15) is 9.18 Å². The summed E-state index contributed by atoms with van der Waals surface area (Å²) in [7, 11) is 0. The molecule has 2 N–H and O–H groups in total. The first kappa shape index (κ1) is 14.9. The van der Waals surface area contributed by atoms with Gasteiger partial charge in [-0.1, -0.05) is 18.2 Å². The Kier molecular flexibility index (Phi) is 4.14. The summed E-state index contributed by atoms with van der Waals surface area (Å²) >= 11 is 0. The van der Waals surface area contributed by atoms with Gasteiger partial charge in [0.05, 0.1) is 23.5 Å². The molecule has 0 aliphatic heterocycles. The molecule has 0 fully saturated rings. The first-order valence-corrected chi connectivity index (χ1v) is 7.12. The van der Waals surface area contributed by atoms with Crippen molar-refractivity contribution < 1.29 is 9.18 Å². The van der Waals surface area contributed by atoms with Crippen LogP contribution in [0.15, 0.2) is 54.9 Å². The lowest BCUT2D eigenvalue weighted by molar-refractivity contribution is 0.0941. The van der Waals surface area contributed by atoms with Crippen LogP contribution in [0.2, 0.25) is 0 Å². The number of aromatic nitrogens is 3. The second-order valence-electron chi connectivity index (χ2n) is 5.12. The molecule has 5 nitrogen and oxygen atoms in total. The zero-order valence-electron chi connectivity index (χ0n) is 12.5. The number of benzene rings is 1. The lowest BCUT2D eigenvalue weighted by Crippen LogP contribution is -2.30. The molecule has 3 rings (SSSR count). The number of aryl methyl sites for hydroxylation is 1. The molecule has 0 bridgehead atoms. The Labute approximate surface area is 132 Å². The number of nitrogens with one attached hydrogen (secondary N) is 2. The molecular weight excluding hydrogens is 295 g/mol. The number of amides is 1. The lowest BCUT2D eigenvalue weighted by atomic mass is 10.0. The summed E-state index contributed by atoms with van der Waals surface area (Å²) in [6.45, 7) is 1.77. The minimum atomic E-state index is -0.474. The van der Waals surface area contributed by atoms with Gasteiger partial charge in [-0.2, -0.15) is 5.10 Å². The number of H-pyrrole nitrogens is 1. The zero-order valence-corrected chi connectivity index (χ0v) is 12.5. The number of carbonyl (C=O) groups is 1. The van der Waals surface area contributed by atoms with Gasteiger partial charge in [-0.3, -0.25) is 14.9 Å². The van der Waals surface area contributed by atoms with E-state index in [4.69, 9.17) is 0 Å². The van der Waals surface area contributed by atoms with Gasteiger partial charge in [0.15, 0.2) is 0 Å². The number of nitrogens with zero attached hydrogens (tertiary/aromatic N) is 2. The molecule has 1 atom stereocenters. The maximum atomic E-state index is 13.2. The van der Waals surface area contributed by atoms with Crippen LogP contribution in [0.25, 0.3) is 0 Å². The van der Waals surface area contributed by atoms with Gasteiger partial charge in [-0.15, -0.1) is 0 Å². The van der Waals surface area contributed by atoms with Crippen molar-refractivity contribution in [2.45, 2.75) is 13.0 Å². The molecule has 6 heteroatoms. The number of halogens is 1. The fraction of sp³-hybridized carbons (Fsp3) is 0.118. The molecule has 23 heavy (non-hydrogen) atoms. The van der Waals surface area contributed by atoms with Crippen LogP contribution in [0.3, 0.4) is 0 Å². The standard InChI is InChI=1S/C17H15FN4O/c1-11-14(10-20-22-11)17(23)21-16(15-4-2-3-9-19-15)12-5-7-13(18)8-6-12/h2-10,16H,1H3,(H,20,22)(H,21,23)/t16-/m0/s1. The van der Waals surface area contributed by atoms with Gasteiger partial charge in [0.2, 0.25) is 0 Å². The molecule has 0 saturated carbocycles. The maximum Gasteiger partial charge on any atom is 0.255 e. The summed E-state index contributed by atoms with van der Waals surface area (Å²) in [4.78, 5) is 16.8. The van der Waals surface area contributed by atoms with Crippen molar-refractivity contribution in [3.05, 3.63) is 83.2 Å². The number of aromatic amines is 1. The number of pyridine rings is 1. The highest BCUT2D eigenvalue weighted by Crippen LogP contribution is 2.21. The molecular formula is C17H15FN4O. The van der Waals surface area contributed by atoms with Crippen molar-refractivity contribution in [1.29, 1.82) is 0 Å². The van der Waals surface area contributed by atoms with E-state index in [1.165, 1.54) is 18.3 Å². The predicted molar refractivity (Wildman–Crippen MR) is 83.3 cm³/mol. The Morgan fingerprint density at radius 2 is 2.00 bits per heavy atom. The summed E-state index contributed by atoms with van der Waals surface area (Å²) in [6.07, 6.45) is 3.13. The predicted octanol–water partition coefficient (Wildman–Crippen LogP) is 2.77. The number of rotatable bonds is 4. The molecule has 2 heterocycles. The van der Waals surface area contributed by atoms with Gasteiger partial charge in [0.25, 0.3) is 5.91 Å². The largest absolute Gasteiger partial charge is 0.339 e. The van der Waals surface area contributed by atoms with Crippen LogP contribution < -0.4 is 5.32 Å². The molecule has 1 amide bonds. The third kappa shape index (κ3) is 3.26. The minimum absolute atomic E-state index is 0.267. The van der Waals surface area contributed by atoms with E-state index in [2.05, 4.69) is 20.5 Å². The second-order valence-corrected chi connectivity index (χ2v) is 5.12. The summed E-state index contributed by atoms with van der Waals surface area (Å²) < 4.78 is 13.2. The van der Waals surface area contributed by atoms with Gasteiger partial charge < -0.3 is 5.32 Å². The van der Waals surface area contributed by atoms with Crippen molar-refractivity contribution >= 4 is 5.91 Å². The van der Waals surface area contributed by atoms with Crippen LogP contribution >= 0.6 is 0 Å². The molecule has 0 aliphatic carbocycles. The quantitative estimate of drug-likeness (QED) is 0.778. The normalized spacial score (nSPS) is 11.9. The fourth-order valence-electron chi connectivity index (χ4n) is 2.32. The van der Waals surface area contributed by atoms with Crippen LogP contribution in [0.4, 0.5) is 4.39 Å². The minimum Gasteiger partial charge on any atom is -0.339 e. The molecule has 0 unspecified atom stereocenters. The first-order valence-electron chi connectivity index (χ1n) is 7.12. The number of hydrogen-bond acceptors (Lipinski definition) is 3. The van der Waals surface area contributed by atoms with Crippen molar-refractivity contribution in [2.75, 3.05) is 0 Å². The Bertz CT molecular complexity index is 799. The van der Waals surface area contributed by atoms with E-state index < -0.39 is 6.04 Å². The average molecular weight is 310 g/mol. The van der Waals surface area contributed by atoms with Crippen molar-refractivity contribution in [3.63, 3.8) is 0 Å². The Morgan fingerprint density at radius 3 is 2.61 bits per heavy atom. The lowest BCUT2D eigenvalue weighted by Gasteiger charge is -2.18. The van der Waals surface area contributed by atoms with Gasteiger partial charge in [0, 0.05) is 11.9 Å². The molecule has 0 saturated heterocycles. The molecule has 0 radical (unpaired) electrons. The van der Waals surface area contributed by atoms with Crippen molar-refractivity contribution in [1.82, 2.24) is 20.5 Å². The van der Waals surface area contributed by atoms with E-state index >= 15 is 0 Å². The summed E-state index contributed by atoms with van der Waals surface area (Å²) in [5.74, 6) is -0.596. The van der Waals surface area contributed by atoms with E-state index in [1.807, 2.05) is 12.1 Å². The van der Waals surface area contributed by atoms with E-state index in [1.54, 1.807) is 31.3 Å². The molecule has 0 spiro atoms. The van der Waals surface area contributed by atoms with Gasteiger partial charge in [-0.25, -0.2) is 4.39 Å². The topological polar surface area (TPSA) is 70.7 Å². The maximum absolute atomic E-state index is 13.2. The van der Waals surface area contributed by atoms with Gasteiger partial charge >= 0.3 is 0 Å². The third-order valence-electron chi connectivity index (χ3n) is 3.54. The summed E-state index contributed by atoms with van der Waals surface area (Å²) in [6, 6.07) is 11.0. The highest BCUT2D eigenvalue weighted by Gasteiger charge is 2.20. The summed E-state index contributed by atoms with van der Waals surface area (Å²) in [5.41, 5.74) is 2.57. The zero-order chi connectivity index (χ0) is 16.2. The van der Waals surface area contributed by atoms with Crippen LogP contribution in [0.5, 0.6) is 0 Å². The smallest absolute Gasteiger partial charge is 0.255 e. The Balaban J connectivity index is 1.94. The molecule has 1 aromatic carbocycles. The van der Waals surface area contributed by atoms with Crippen molar-refractivity contribution in [2.24, 2.45) is 0 Å². The first-order chi connectivity index (χ1) is 11.1. The van der Waals surface area contributed by atoms with Crippen LogP contribution in [-0.4, -0.2) is 21.1 Å². The van der Waals surface area contributed by atoms with Crippen LogP contribution in [-0.2, 0) is 0 Å². The average Bonchev–Trinajstić information content (AvgIpc) is 3.00. The molecule has 116 valence electrons. The molecule has 0 aliphatic rings. The SMILES string of the molecule is Cc1[nH]ncc1C(=O)N[C@@H](c1ccc(F)cc1)c1ccccn1. The highest BCUT2D eigenvalue weighted by atomic mass is 19.1. The van der Waals surface area contributed by atoms with Gasteiger partial charge in [-0.05, 0) is 36.8 Å². The highest BCUT2D eigenvalue weighted by molar-refractivity contribution is 5.95. The Morgan fingerprint density at radius 1 is 1.22 bits per heavy atom. The second kappa shape index (κ2) is 6.39. The number of carbonyl (C=O) groups excluding carboxylic acids is 1. The van der Waals surface area contributed by atoms with Crippen LogP contribution in [0.1, 0.15) is 33.4 Å². The van der Waals surface area contributed by atoms with Gasteiger partial charge in [0.1, 0.15) is 5.82 Å². The molecule has 3 aromatic rings. The molecule has 2 aromatic heterocycles. The Hall–Kier alpha value is -3.02. The third-order valence-corrected chi connectivity index (χ3v) is 3.54. The monoisotopic (exact) mass is 310 g/mol. The van der Waals surface area contributed by atoms with E-state index in [0.717, 1.165) is 5.56 Å². The van der Waals surface area contributed by atoms with Crippen molar-refractivity contribution in [3.8, 4) is 0 Å². The van der Waals surface area contributed by atoms with E-state index in [0.29, 0.717) is 17.0 Å². The van der Waals surface area contributed by atoms with Crippen LogP contribution in [0, 0.1) is 12.7 Å². The van der Waals surface area contributed by atoms with E-state index in [-0.39, 0.29) is 11.7 Å².